The molecule has 0 saturated carbocycles. The summed E-state index contributed by atoms with van der Waals surface area (Å²) < 4.78 is 0. The smallest absolute Gasteiger partial charge is 0.115 e. The van der Waals surface area contributed by atoms with Crippen LogP contribution in [0.1, 0.15) is 41.5 Å². The second-order valence-corrected chi connectivity index (χ2v) is 5.22. The molecule has 1 aliphatic carbocycles. The van der Waals surface area contributed by atoms with Gasteiger partial charge in [-0.15, -0.1) is 0 Å². The number of aromatic nitrogens is 2. The highest BCUT2D eigenvalue weighted by atomic mass is 14.8. The largest absolute Gasteiger partial charge is 0.245 e. The van der Waals surface area contributed by atoms with Gasteiger partial charge in [0.25, 0.3) is 0 Å². The van der Waals surface area contributed by atoms with Gasteiger partial charge >= 0.3 is 0 Å². The third-order valence-corrected chi connectivity index (χ3v) is 3.90. The molecule has 0 aliphatic heterocycles. The van der Waals surface area contributed by atoms with E-state index in [0.29, 0.717) is 0 Å². The summed E-state index contributed by atoms with van der Waals surface area (Å²) in [4.78, 5) is 8.11. The highest BCUT2D eigenvalue weighted by Crippen LogP contribution is 2.33. The van der Waals surface area contributed by atoms with E-state index in [1.165, 1.54) is 24.0 Å². The average Bonchev–Trinajstić information content (AvgIpc) is 2.79. The Hall–Kier alpha value is -1.70. The zero-order valence-electron chi connectivity index (χ0n) is 10.8. The van der Waals surface area contributed by atoms with E-state index in [9.17, 15) is 0 Å². The van der Waals surface area contributed by atoms with Gasteiger partial charge in [0.1, 0.15) is 6.33 Å². The molecular weight excluding hydrogens is 220 g/mol. The molecule has 2 nitrogen and oxygen atoms in total. The van der Waals surface area contributed by atoms with E-state index in [4.69, 9.17) is 0 Å². The van der Waals surface area contributed by atoms with Gasteiger partial charge in [-0.05, 0) is 53.9 Å². The average molecular weight is 238 g/mol. The Balaban J connectivity index is 1.72. The minimum Gasteiger partial charge on any atom is -0.245 e. The van der Waals surface area contributed by atoms with Crippen LogP contribution in [0.3, 0.4) is 0 Å². The molecule has 1 heterocycles. The van der Waals surface area contributed by atoms with Gasteiger partial charge < -0.3 is 0 Å². The van der Waals surface area contributed by atoms with Crippen LogP contribution in [0.4, 0.5) is 0 Å². The Labute approximate surface area is 108 Å². The van der Waals surface area contributed by atoms with E-state index in [1.807, 2.05) is 12.4 Å². The molecule has 1 aromatic heterocycles. The van der Waals surface area contributed by atoms with Crippen molar-refractivity contribution in [2.24, 2.45) is 0 Å². The van der Waals surface area contributed by atoms with Crippen LogP contribution in [-0.4, -0.2) is 9.97 Å². The lowest BCUT2D eigenvalue weighted by molar-refractivity contribution is 0.746. The molecule has 0 N–H and O–H groups in total. The highest BCUT2D eigenvalue weighted by molar-refractivity contribution is 5.38. The number of aryl methyl sites for hydroxylation is 3. The second kappa shape index (κ2) is 4.89. The van der Waals surface area contributed by atoms with Crippen LogP contribution in [-0.2, 0) is 19.3 Å². The maximum Gasteiger partial charge on any atom is 0.115 e. The molecule has 0 saturated heterocycles. The summed E-state index contributed by atoms with van der Waals surface area (Å²) in [6.07, 6.45) is 10.1. The van der Waals surface area contributed by atoms with Gasteiger partial charge in [-0.2, -0.15) is 0 Å². The van der Waals surface area contributed by atoms with Gasteiger partial charge in [-0.25, -0.2) is 9.97 Å². The fourth-order valence-electron chi connectivity index (χ4n) is 2.76. The van der Waals surface area contributed by atoms with E-state index in [2.05, 4.69) is 35.1 Å². The third-order valence-electron chi connectivity index (χ3n) is 3.90. The van der Waals surface area contributed by atoms with E-state index in [1.54, 1.807) is 17.5 Å². The Morgan fingerprint density at radius 1 is 1.11 bits per heavy atom. The molecule has 1 atom stereocenters. The molecule has 0 bridgehead atoms. The van der Waals surface area contributed by atoms with Crippen LogP contribution in [0.5, 0.6) is 0 Å². The Kier molecular flexibility index (Phi) is 3.09. The lowest BCUT2D eigenvalue weighted by Crippen LogP contribution is -1.95. The normalized spacial score (nSPS) is 17.7. The van der Waals surface area contributed by atoms with Crippen molar-refractivity contribution in [1.29, 1.82) is 0 Å². The summed E-state index contributed by atoms with van der Waals surface area (Å²) in [5.74, 6) is 0.736. The SMILES string of the molecule is C[C@@H]1CCc2ccc(CCc3cncnc3)cc21. The molecular formula is C16H18N2. The standard InChI is InChI=1S/C16H18N2/c1-12-2-6-15-7-5-13(8-16(12)15)3-4-14-9-17-11-18-10-14/h5,7-12H,2-4,6H2,1H3/t12-/m1/s1. The first-order valence-electron chi connectivity index (χ1n) is 6.68. The first-order chi connectivity index (χ1) is 8.83. The quantitative estimate of drug-likeness (QED) is 0.819. The summed E-state index contributed by atoms with van der Waals surface area (Å²) in [6.45, 7) is 2.33. The van der Waals surface area contributed by atoms with E-state index >= 15 is 0 Å². The van der Waals surface area contributed by atoms with Crippen molar-refractivity contribution in [3.05, 3.63) is 59.2 Å². The molecule has 92 valence electrons. The number of nitrogens with zero attached hydrogens (tertiary/aromatic N) is 2. The van der Waals surface area contributed by atoms with Crippen LogP contribution in [0.25, 0.3) is 0 Å². The van der Waals surface area contributed by atoms with Crippen LogP contribution in [0.15, 0.2) is 36.9 Å². The number of benzene rings is 1. The molecule has 0 unspecified atom stereocenters. The van der Waals surface area contributed by atoms with Gasteiger partial charge in [0.15, 0.2) is 0 Å². The van der Waals surface area contributed by atoms with Crippen molar-refractivity contribution >= 4 is 0 Å². The summed E-state index contributed by atoms with van der Waals surface area (Å²) in [5, 5.41) is 0. The minimum absolute atomic E-state index is 0.736. The topological polar surface area (TPSA) is 25.8 Å². The first kappa shape index (κ1) is 11.4. The molecule has 0 spiro atoms. The second-order valence-electron chi connectivity index (χ2n) is 5.22. The van der Waals surface area contributed by atoms with Gasteiger partial charge in [0, 0.05) is 12.4 Å². The van der Waals surface area contributed by atoms with Gasteiger partial charge in [0.2, 0.25) is 0 Å². The summed E-state index contributed by atoms with van der Waals surface area (Å²) in [5.41, 5.74) is 5.77. The van der Waals surface area contributed by atoms with E-state index in [0.717, 1.165) is 18.8 Å². The Bertz CT molecular complexity index is 534. The lowest BCUT2D eigenvalue weighted by Gasteiger charge is -2.08. The summed E-state index contributed by atoms with van der Waals surface area (Å²) >= 11 is 0. The number of hydrogen-bond acceptors (Lipinski definition) is 2. The minimum atomic E-state index is 0.736. The zero-order valence-corrected chi connectivity index (χ0v) is 10.8. The van der Waals surface area contributed by atoms with Crippen molar-refractivity contribution < 1.29 is 0 Å². The molecule has 0 radical (unpaired) electrons. The maximum absolute atomic E-state index is 4.06. The highest BCUT2D eigenvalue weighted by Gasteiger charge is 2.18. The number of hydrogen-bond donors (Lipinski definition) is 0. The van der Waals surface area contributed by atoms with Crippen LogP contribution >= 0.6 is 0 Å². The number of fused-ring (bicyclic) bond motifs is 1. The predicted octanol–water partition coefficient (Wildman–Crippen LogP) is 3.31. The molecule has 0 amide bonds. The molecule has 1 aliphatic rings. The van der Waals surface area contributed by atoms with Gasteiger partial charge in [0.05, 0.1) is 0 Å². The maximum atomic E-state index is 4.06. The zero-order chi connectivity index (χ0) is 12.4. The van der Waals surface area contributed by atoms with Crippen LogP contribution in [0.2, 0.25) is 0 Å². The molecule has 0 fully saturated rings. The van der Waals surface area contributed by atoms with Crippen molar-refractivity contribution in [2.75, 3.05) is 0 Å². The molecule has 2 aromatic rings. The predicted molar refractivity (Wildman–Crippen MR) is 72.6 cm³/mol. The van der Waals surface area contributed by atoms with Gasteiger partial charge in [-0.1, -0.05) is 25.1 Å². The molecule has 3 rings (SSSR count). The number of rotatable bonds is 3. The van der Waals surface area contributed by atoms with Crippen molar-refractivity contribution in [3.8, 4) is 0 Å². The summed E-state index contributed by atoms with van der Waals surface area (Å²) in [7, 11) is 0. The fraction of sp³-hybridized carbons (Fsp3) is 0.375. The van der Waals surface area contributed by atoms with Crippen LogP contribution < -0.4 is 0 Å². The monoisotopic (exact) mass is 238 g/mol. The van der Waals surface area contributed by atoms with Crippen molar-refractivity contribution in [3.63, 3.8) is 0 Å². The van der Waals surface area contributed by atoms with E-state index < -0.39 is 0 Å². The lowest BCUT2D eigenvalue weighted by atomic mass is 9.98. The summed E-state index contributed by atoms with van der Waals surface area (Å²) in [6, 6.07) is 6.99. The van der Waals surface area contributed by atoms with Gasteiger partial charge in [-0.3, -0.25) is 0 Å². The molecule has 18 heavy (non-hydrogen) atoms. The van der Waals surface area contributed by atoms with E-state index in [-0.39, 0.29) is 0 Å². The Morgan fingerprint density at radius 3 is 2.72 bits per heavy atom. The first-order valence-corrected chi connectivity index (χ1v) is 6.68. The Morgan fingerprint density at radius 2 is 1.89 bits per heavy atom. The molecule has 2 heteroatoms. The van der Waals surface area contributed by atoms with Crippen molar-refractivity contribution in [2.45, 2.75) is 38.5 Å². The fourth-order valence-corrected chi connectivity index (χ4v) is 2.76. The van der Waals surface area contributed by atoms with Crippen molar-refractivity contribution in [1.82, 2.24) is 9.97 Å². The third kappa shape index (κ3) is 2.28. The molecule has 1 aromatic carbocycles. The van der Waals surface area contributed by atoms with Crippen LogP contribution in [0, 0.1) is 0 Å².